The predicted octanol–water partition coefficient (Wildman–Crippen LogP) is 1.36. The highest BCUT2D eigenvalue weighted by atomic mass is 79.9. The third kappa shape index (κ3) is 3.67. The standard InChI is InChI=1S/C7H8BrN3OS/c8-5-4-10-7(13-5)11-6(12)2-1-3-9/h1-2,4H,3,9H2,(H,10,11,12)/b2-1+. The number of carbonyl (C=O) groups excluding carboxylic acids is 1. The molecule has 1 aromatic heterocycles. The van der Waals surface area contributed by atoms with Gasteiger partial charge in [0.05, 0.1) is 9.98 Å². The summed E-state index contributed by atoms with van der Waals surface area (Å²) in [4.78, 5) is 15.0. The smallest absolute Gasteiger partial charge is 0.249 e. The van der Waals surface area contributed by atoms with Crippen molar-refractivity contribution in [1.29, 1.82) is 0 Å². The van der Waals surface area contributed by atoms with Crippen LogP contribution < -0.4 is 11.1 Å². The van der Waals surface area contributed by atoms with Crippen molar-refractivity contribution in [1.82, 2.24) is 4.98 Å². The largest absolute Gasteiger partial charge is 0.327 e. The first-order valence-electron chi connectivity index (χ1n) is 3.51. The van der Waals surface area contributed by atoms with E-state index in [0.29, 0.717) is 11.7 Å². The summed E-state index contributed by atoms with van der Waals surface area (Å²) >= 11 is 4.60. The molecule has 3 N–H and O–H groups in total. The zero-order valence-electron chi connectivity index (χ0n) is 6.66. The van der Waals surface area contributed by atoms with Crippen molar-refractivity contribution in [3.05, 3.63) is 22.1 Å². The van der Waals surface area contributed by atoms with E-state index < -0.39 is 0 Å². The molecular formula is C7H8BrN3OS. The van der Waals surface area contributed by atoms with E-state index in [-0.39, 0.29) is 5.91 Å². The van der Waals surface area contributed by atoms with Gasteiger partial charge in [-0.3, -0.25) is 10.1 Å². The summed E-state index contributed by atoms with van der Waals surface area (Å²) in [5, 5.41) is 3.16. The van der Waals surface area contributed by atoms with Gasteiger partial charge in [-0.2, -0.15) is 0 Å². The van der Waals surface area contributed by atoms with Crippen molar-refractivity contribution < 1.29 is 4.79 Å². The number of nitrogens with zero attached hydrogens (tertiary/aromatic N) is 1. The molecule has 0 unspecified atom stereocenters. The molecule has 0 aromatic carbocycles. The highest BCUT2D eigenvalue weighted by Crippen LogP contribution is 2.22. The van der Waals surface area contributed by atoms with E-state index >= 15 is 0 Å². The van der Waals surface area contributed by atoms with Gasteiger partial charge in [0.15, 0.2) is 5.13 Å². The van der Waals surface area contributed by atoms with Crippen molar-refractivity contribution in [2.24, 2.45) is 5.73 Å². The molecule has 4 nitrogen and oxygen atoms in total. The predicted molar refractivity (Wildman–Crippen MR) is 56.6 cm³/mol. The van der Waals surface area contributed by atoms with E-state index in [1.165, 1.54) is 17.4 Å². The van der Waals surface area contributed by atoms with Crippen LogP contribution in [0.5, 0.6) is 0 Å². The van der Waals surface area contributed by atoms with Crippen LogP contribution in [-0.2, 0) is 4.79 Å². The SMILES string of the molecule is NC/C=C/C(=O)Nc1ncc(Br)s1. The Morgan fingerprint density at radius 2 is 2.62 bits per heavy atom. The third-order valence-corrected chi connectivity index (χ3v) is 2.50. The maximum absolute atomic E-state index is 11.1. The normalized spacial score (nSPS) is 10.6. The molecule has 13 heavy (non-hydrogen) atoms. The Morgan fingerprint density at radius 3 is 3.15 bits per heavy atom. The maximum Gasteiger partial charge on any atom is 0.249 e. The number of hydrogen-bond donors (Lipinski definition) is 2. The lowest BCUT2D eigenvalue weighted by atomic mass is 10.5. The Labute approximate surface area is 88.0 Å². The number of nitrogens with one attached hydrogen (secondary N) is 1. The molecule has 70 valence electrons. The summed E-state index contributed by atoms with van der Waals surface area (Å²) in [7, 11) is 0. The van der Waals surface area contributed by atoms with Gasteiger partial charge in [0.1, 0.15) is 0 Å². The lowest BCUT2D eigenvalue weighted by molar-refractivity contribution is -0.111. The molecule has 0 atom stereocenters. The van der Waals surface area contributed by atoms with Crippen LogP contribution in [-0.4, -0.2) is 17.4 Å². The Hall–Kier alpha value is -0.720. The van der Waals surface area contributed by atoms with Crippen LogP contribution in [0.25, 0.3) is 0 Å². The lowest BCUT2D eigenvalue weighted by Crippen LogP contribution is -2.08. The van der Waals surface area contributed by atoms with Gasteiger partial charge in [-0.05, 0) is 15.9 Å². The van der Waals surface area contributed by atoms with Crippen LogP contribution in [0.15, 0.2) is 22.1 Å². The second kappa shape index (κ2) is 5.11. The Balaban J connectivity index is 2.50. The van der Waals surface area contributed by atoms with Gasteiger partial charge in [0, 0.05) is 12.6 Å². The van der Waals surface area contributed by atoms with Gasteiger partial charge in [0.25, 0.3) is 0 Å². The van der Waals surface area contributed by atoms with E-state index in [2.05, 4.69) is 26.2 Å². The summed E-state index contributed by atoms with van der Waals surface area (Å²) < 4.78 is 0.880. The molecule has 0 aliphatic carbocycles. The number of thiazole rings is 1. The van der Waals surface area contributed by atoms with E-state index in [9.17, 15) is 4.79 Å². The molecule has 0 spiro atoms. The Bertz CT molecular complexity index is 323. The van der Waals surface area contributed by atoms with Crippen LogP contribution in [0.1, 0.15) is 0 Å². The molecule has 0 saturated heterocycles. The fourth-order valence-corrected chi connectivity index (χ4v) is 1.74. The quantitative estimate of drug-likeness (QED) is 0.808. The highest BCUT2D eigenvalue weighted by Gasteiger charge is 2.01. The van der Waals surface area contributed by atoms with E-state index in [0.717, 1.165) is 3.79 Å². The first kappa shape index (κ1) is 10.4. The Morgan fingerprint density at radius 1 is 1.85 bits per heavy atom. The number of aromatic nitrogens is 1. The zero-order chi connectivity index (χ0) is 9.68. The molecule has 1 heterocycles. The van der Waals surface area contributed by atoms with Crippen molar-refractivity contribution in [2.45, 2.75) is 0 Å². The van der Waals surface area contributed by atoms with Crippen LogP contribution in [0.4, 0.5) is 5.13 Å². The molecule has 6 heteroatoms. The van der Waals surface area contributed by atoms with Gasteiger partial charge in [0.2, 0.25) is 5.91 Å². The summed E-state index contributed by atoms with van der Waals surface area (Å²) in [5.41, 5.74) is 5.19. The van der Waals surface area contributed by atoms with E-state index in [1.54, 1.807) is 12.3 Å². The minimum Gasteiger partial charge on any atom is -0.327 e. The second-order valence-electron chi connectivity index (χ2n) is 2.10. The highest BCUT2D eigenvalue weighted by molar-refractivity contribution is 9.11. The number of nitrogens with two attached hydrogens (primary N) is 1. The van der Waals surface area contributed by atoms with Crippen molar-refractivity contribution in [3.63, 3.8) is 0 Å². The number of hydrogen-bond acceptors (Lipinski definition) is 4. The molecule has 1 rings (SSSR count). The zero-order valence-corrected chi connectivity index (χ0v) is 9.06. The summed E-state index contributed by atoms with van der Waals surface area (Å²) in [5.74, 6) is -0.215. The van der Waals surface area contributed by atoms with Crippen LogP contribution in [0.2, 0.25) is 0 Å². The molecule has 0 aliphatic rings. The van der Waals surface area contributed by atoms with Crippen LogP contribution in [0, 0.1) is 0 Å². The molecule has 0 radical (unpaired) electrons. The molecule has 1 amide bonds. The van der Waals surface area contributed by atoms with Gasteiger partial charge in [-0.25, -0.2) is 4.98 Å². The number of anilines is 1. The third-order valence-electron chi connectivity index (χ3n) is 1.11. The lowest BCUT2D eigenvalue weighted by Gasteiger charge is -1.93. The molecule has 0 saturated carbocycles. The van der Waals surface area contributed by atoms with Crippen molar-refractivity contribution in [2.75, 3.05) is 11.9 Å². The van der Waals surface area contributed by atoms with Gasteiger partial charge >= 0.3 is 0 Å². The van der Waals surface area contributed by atoms with Crippen LogP contribution >= 0.6 is 27.3 Å². The first-order chi connectivity index (χ1) is 6.22. The first-order valence-corrected chi connectivity index (χ1v) is 5.12. The summed E-state index contributed by atoms with van der Waals surface area (Å²) in [6, 6.07) is 0. The van der Waals surface area contributed by atoms with Gasteiger partial charge in [-0.15, -0.1) is 0 Å². The van der Waals surface area contributed by atoms with Crippen LogP contribution in [0.3, 0.4) is 0 Å². The Kier molecular flexibility index (Phi) is 4.07. The number of rotatable bonds is 3. The topological polar surface area (TPSA) is 68.0 Å². The number of halogens is 1. The maximum atomic E-state index is 11.1. The monoisotopic (exact) mass is 261 g/mol. The molecule has 1 aromatic rings. The summed E-state index contributed by atoms with van der Waals surface area (Å²) in [6.45, 7) is 0.356. The van der Waals surface area contributed by atoms with E-state index in [1.807, 2.05) is 0 Å². The van der Waals surface area contributed by atoms with Crippen molar-refractivity contribution in [3.8, 4) is 0 Å². The minimum atomic E-state index is -0.215. The molecule has 0 fully saturated rings. The number of amides is 1. The summed E-state index contributed by atoms with van der Waals surface area (Å²) in [6.07, 6.45) is 4.60. The van der Waals surface area contributed by atoms with Gasteiger partial charge < -0.3 is 5.73 Å². The van der Waals surface area contributed by atoms with E-state index in [4.69, 9.17) is 5.73 Å². The average Bonchev–Trinajstić information content (AvgIpc) is 2.48. The second-order valence-corrected chi connectivity index (χ2v) is 4.51. The van der Waals surface area contributed by atoms with Gasteiger partial charge in [-0.1, -0.05) is 17.4 Å². The molecular weight excluding hydrogens is 254 g/mol. The average molecular weight is 262 g/mol. The van der Waals surface area contributed by atoms with Crippen molar-refractivity contribution >= 4 is 38.3 Å². The molecule has 0 bridgehead atoms. The number of carbonyl (C=O) groups is 1. The minimum absolute atomic E-state index is 0.215. The fraction of sp³-hybridized carbons (Fsp3) is 0.143. The molecule has 0 aliphatic heterocycles. The fourth-order valence-electron chi connectivity index (χ4n) is 0.634.